The molecule has 0 aliphatic carbocycles. The number of esters is 1. The number of carbonyl (C=O) groups is 1. The smallest absolute Gasteiger partial charge is 0.462 e. The average molecular weight is 238 g/mol. The third-order valence-corrected chi connectivity index (χ3v) is 2.07. The average Bonchev–Trinajstić information content (AvgIpc) is 2.36. The Morgan fingerprint density at radius 1 is 1.35 bits per heavy atom. The standard InChI is InChI=1S/C11H15BO5/c1-2-16-11(14)9-3-5-10(6-4-9)12(15)17-8-7-13/h3-6,13,15H,2,7-8H2,1H3. The topological polar surface area (TPSA) is 76.0 Å². The molecule has 0 saturated heterocycles. The highest BCUT2D eigenvalue weighted by molar-refractivity contribution is 6.59. The molecular weight excluding hydrogens is 223 g/mol. The zero-order valence-electron chi connectivity index (χ0n) is 9.63. The molecule has 0 heterocycles. The molecule has 92 valence electrons. The van der Waals surface area contributed by atoms with Crippen LogP contribution < -0.4 is 5.46 Å². The van der Waals surface area contributed by atoms with Crippen molar-refractivity contribution in [3.8, 4) is 0 Å². The lowest BCUT2D eigenvalue weighted by Gasteiger charge is -2.07. The van der Waals surface area contributed by atoms with Crippen LogP contribution in [0.1, 0.15) is 17.3 Å². The van der Waals surface area contributed by atoms with Crippen LogP contribution in [0, 0.1) is 0 Å². The summed E-state index contributed by atoms with van der Waals surface area (Å²) in [6.07, 6.45) is 0. The maximum atomic E-state index is 11.3. The summed E-state index contributed by atoms with van der Waals surface area (Å²) in [5.41, 5.74) is 0.941. The van der Waals surface area contributed by atoms with E-state index in [1.54, 1.807) is 31.2 Å². The molecule has 0 saturated carbocycles. The summed E-state index contributed by atoms with van der Waals surface area (Å²) >= 11 is 0. The fourth-order valence-electron chi connectivity index (χ4n) is 1.26. The second-order valence-corrected chi connectivity index (χ2v) is 3.29. The van der Waals surface area contributed by atoms with Crippen molar-refractivity contribution in [2.24, 2.45) is 0 Å². The van der Waals surface area contributed by atoms with Gasteiger partial charge in [0.25, 0.3) is 0 Å². The largest absolute Gasteiger partial charge is 0.491 e. The normalized spacial score (nSPS) is 10.1. The minimum Gasteiger partial charge on any atom is -0.462 e. The zero-order chi connectivity index (χ0) is 12.7. The van der Waals surface area contributed by atoms with Gasteiger partial charge < -0.3 is 19.5 Å². The van der Waals surface area contributed by atoms with Gasteiger partial charge in [0.05, 0.1) is 25.4 Å². The Morgan fingerprint density at radius 2 is 2.00 bits per heavy atom. The van der Waals surface area contributed by atoms with Crippen molar-refractivity contribution in [2.75, 3.05) is 19.8 Å². The highest BCUT2D eigenvalue weighted by Gasteiger charge is 2.16. The molecule has 6 heteroatoms. The minimum absolute atomic E-state index is 0.0563. The molecule has 0 amide bonds. The zero-order valence-corrected chi connectivity index (χ0v) is 9.63. The Balaban J connectivity index is 2.64. The van der Waals surface area contributed by atoms with Gasteiger partial charge in [-0.3, -0.25) is 0 Å². The first kappa shape index (κ1) is 13.7. The highest BCUT2D eigenvalue weighted by atomic mass is 16.5. The van der Waals surface area contributed by atoms with Crippen molar-refractivity contribution in [1.29, 1.82) is 0 Å². The maximum absolute atomic E-state index is 11.3. The van der Waals surface area contributed by atoms with Gasteiger partial charge in [-0.05, 0) is 24.5 Å². The van der Waals surface area contributed by atoms with Gasteiger partial charge in [0, 0.05) is 0 Å². The van der Waals surface area contributed by atoms with Crippen LogP contribution >= 0.6 is 0 Å². The van der Waals surface area contributed by atoms with Crippen LogP contribution in [0.4, 0.5) is 0 Å². The molecule has 5 nitrogen and oxygen atoms in total. The molecule has 0 radical (unpaired) electrons. The van der Waals surface area contributed by atoms with Crippen molar-refractivity contribution in [1.82, 2.24) is 0 Å². The van der Waals surface area contributed by atoms with Crippen molar-refractivity contribution in [3.63, 3.8) is 0 Å². The first-order chi connectivity index (χ1) is 8.19. The molecule has 17 heavy (non-hydrogen) atoms. The van der Waals surface area contributed by atoms with Gasteiger partial charge in [0.15, 0.2) is 0 Å². The second-order valence-electron chi connectivity index (χ2n) is 3.29. The van der Waals surface area contributed by atoms with Crippen LogP contribution in [0.2, 0.25) is 0 Å². The number of carbonyl (C=O) groups excluding carboxylic acids is 1. The number of benzene rings is 1. The molecule has 1 aromatic rings. The molecule has 0 atom stereocenters. The van der Waals surface area contributed by atoms with Crippen molar-refractivity contribution < 1.29 is 24.3 Å². The summed E-state index contributed by atoms with van der Waals surface area (Å²) in [7, 11) is -1.10. The number of aliphatic hydroxyl groups excluding tert-OH is 1. The van der Waals surface area contributed by atoms with Crippen LogP contribution in [-0.2, 0) is 9.39 Å². The Hall–Kier alpha value is -1.37. The molecule has 2 N–H and O–H groups in total. The number of ether oxygens (including phenoxy) is 1. The lowest BCUT2D eigenvalue weighted by molar-refractivity contribution is 0.0526. The number of hydrogen-bond acceptors (Lipinski definition) is 5. The Morgan fingerprint density at radius 3 is 2.53 bits per heavy atom. The molecule has 0 bridgehead atoms. The second kappa shape index (κ2) is 7.06. The van der Waals surface area contributed by atoms with E-state index in [0.717, 1.165) is 0 Å². The van der Waals surface area contributed by atoms with Crippen LogP contribution in [0.5, 0.6) is 0 Å². The SMILES string of the molecule is CCOC(=O)c1ccc(B(O)OCCO)cc1. The maximum Gasteiger partial charge on any atom is 0.491 e. The van der Waals surface area contributed by atoms with Crippen LogP contribution in [0.3, 0.4) is 0 Å². The molecule has 0 aromatic heterocycles. The van der Waals surface area contributed by atoms with Crippen molar-refractivity contribution >= 4 is 18.6 Å². The van der Waals surface area contributed by atoms with Gasteiger partial charge in [-0.2, -0.15) is 0 Å². The minimum atomic E-state index is -1.10. The summed E-state index contributed by atoms with van der Waals surface area (Å²) in [5, 5.41) is 18.1. The van der Waals surface area contributed by atoms with Gasteiger partial charge in [0.1, 0.15) is 0 Å². The predicted octanol–water partition coefficient (Wildman–Crippen LogP) is -0.440. The molecule has 1 aromatic carbocycles. The quantitative estimate of drug-likeness (QED) is 0.519. The Bertz CT molecular complexity index is 351. The lowest BCUT2D eigenvalue weighted by atomic mass is 9.79. The summed E-state index contributed by atoms with van der Waals surface area (Å²) < 4.78 is 9.74. The van der Waals surface area contributed by atoms with E-state index in [-0.39, 0.29) is 13.2 Å². The summed E-state index contributed by atoms with van der Waals surface area (Å²) in [6, 6.07) is 6.26. The fourth-order valence-corrected chi connectivity index (χ4v) is 1.26. The van der Waals surface area contributed by atoms with Gasteiger partial charge in [-0.25, -0.2) is 4.79 Å². The third kappa shape index (κ3) is 4.18. The molecule has 0 spiro atoms. The van der Waals surface area contributed by atoms with E-state index in [1.165, 1.54) is 0 Å². The van der Waals surface area contributed by atoms with E-state index in [2.05, 4.69) is 0 Å². The monoisotopic (exact) mass is 238 g/mol. The van der Waals surface area contributed by atoms with Crippen LogP contribution in [-0.4, -0.2) is 43.0 Å². The Labute approximate surface area is 100 Å². The molecule has 0 fully saturated rings. The summed E-state index contributed by atoms with van der Waals surface area (Å²) in [5.74, 6) is -0.398. The van der Waals surface area contributed by atoms with E-state index in [1.807, 2.05) is 0 Å². The predicted molar refractivity (Wildman–Crippen MR) is 63.0 cm³/mol. The van der Waals surface area contributed by atoms with E-state index in [0.29, 0.717) is 17.6 Å². The van der Waals surface area contributed by atoms with E-state index >= 15 is 0 Å². The summed E-state index contributed by atoms with van der Waals surface area (Å²) in [4.78, 5) is 11.3. The van der Waals surface area contributed by atoms with Gasteiger partial charge in [0.2, 0.25) is 0 Å². The van der Waals surface area contributed by atoms with Gasteiger partial charge >= 0.3 is 13.1 Å². The number of hydrogen-bond donors (Lipinski definition) is 2. The highest BCUT2D eigenvalue weighted by Crippen LogP contribution is 2.00. The fraction of sp³-hybridized carbons (Fsp3) is 0.364. The van der Waals surface area contributed by atoms with Crippen molar-refractivity contribution in [2.45, 2.75) is 6.92 Å². The Kier molecular flexibility index (Phi) is 5.69. The molecule has 0 unspecified atom stereocenters. The molecule has 0 aliphatic heterocycles. The van der Waals surface area contributed by atoms with E-state index in [4.69, 9.17) is 14.5 Å². The van der Waals surface area contributed by atoms with Crippen LogP contribution in [0.15, 0.2) is 24.3 Å². The van der Waals surface area contributed by atoms with Gasteiger partial charge in [-0.15, -0.1) is 0 Å². The van der Waals surface area contributed by atoms with E-state index < -0.39 is 13.1 Å². The molecular formula is C11H15BO5. The molecule has 1 rings (SSSR count). The number of aliphatic hydroxyl groups is 1. The first-order valence-corrected chi connectivity index (χ1v) is 5.36. The molecule has 0 aliphatic rings. The van der Waals surface area contributed by atoms with Crippen molar-refractivity contribution in [3.05, 3.63) is 29.8 Å². The van der Waals surface area contributed by atoms with E-state index in [9.17, 15) is 9.82 Å². The number of rotatable bonds is 6. The first-order valence-electron chi connectivity index (χ1n) is 5.36. The third-order valence-electron chi connectivity index (χ3n) is 2.07. The van der Waals surface area contributed by atoms with Crippen LogP contribution in [0.25, 0.3) is 0 Å². The summed E-state index contributed by atoms with van der Waals surface area (Å²) in [6.45, 7) is 1.96. The van der Waals surface area contributed by atoms with Gasteiger partial charge in [-0.1, -0.05) is 12.1 Å². The lowest BCUT2D eigenvalue weighted by Crippen LogP contribution is -2.34.